The van der Waals surface area contributed by atoms with Crippen molar-refractivity contribution in [3.8, 4) is 0 Å². The molecule has 3 heteroatoms. The van der Waals surface area contributed by atoms with Crippen molar-refractivity contribution in [3.63, 3.8) is 0 Å². The predicted molar refractivity (Wildman–Crippen MR) is 61.3 cm³/mol. The van der Waals surface area contributed by atoms with Gasteiger partial charge in [-0.25, -0.2) is 0 Å². The van der Waals surface area contributed by atoms with E-state index < -0.39 is 0 Å². The quantitative estimate of drug-likeness (QED) is 0.891. The number of hydrogen-bond donors (Lipinski definition) is 1. The van der Waals surface area contributed by atoms with Crippen molar-refractivity contribution in [2.75, 3.05) is 6.61 Å². The molecule has 2 rings (SSSR count). The maximum absolute atomic E-state index is 5.34. The van der Waals surface area contributed by atoms with Gasteiger partial charge in [0, 0.05) is 27.7 Å². The molecule has 0 aliphatic rings. The molecule has 0 amide bonds. The van der Waals surface area contributed by atoms with Crippen LogP contribution < -0.4 is 0 Å². The van der Waals surface area contributed by atoms with E-state index in [1.165, 1.54) is 5.39 Å². The number of fused-ring (bicyclic) bond motifs is 1. The fraction of sp³-hybridized carbons (Fsp3) is 0.273. The number of benzene rings is 1. The molecule has 0 spiro atoms. The summed E-state index contributed by atoms with van der Waals surface area (Å²) in [7, 11) is 0. The minimum absolute atomic E-state index is 0.656. The zero-order chi connectivity index (χ0) is 9.97. The molecule has 1 aromatic carbocycles. The number of hydrogen-bond acceptors (Lipinski definition) is 1. The molecule has 0 fully saturated rings. The van der Waals surface area contributed by atoms with Gasteiger partial charge in [-0.15, -0.1) is 0 Å². The van der Waals surface area contributed by atoms with Crippen LogP contribution in [0, 0.1) is 0 Å². The summed E-state index contributed by atoms with van der Waals surface area (Å²) in [6.07, 6.45) is 0. The van der Waals surface area contributed by atoms with Gasteiger partial charge in [0.1, 0.15) is 0 Å². The third kappa shape index (κ3) is 1.99. The van der Waals surface area contributed by atoms with Gasteiger partial charge in [-0.1, -0.05) is 15.9 Å². The Balaban J connectivity index is 2.32. The summed E-state index contributed by atoms with van der Waals surface area (Å²) in [5.74, 6) is 0. The van der Waals surface area contributed by atoms with E-state index in [0.717, 1.165) is 22.3 Å². The zero-order valence-electron chi connectivity index (χ0n) is 8.01. The summed E-state index contributed by atoms with van der Waals surface area (Å²) < 4.78 is 6.44. The minimum Gasteiger partial charge on any atom is -0.376 e. The molecule has 1 aromatic heterocycles. The van der Waals surface area contributed by atoms with Crippen LogP contribution in [-0.4, -0.2) is 11.6 Å². The second kappa shape index (κ2) is 4.15. The van der Waals surface area contributed by atoms with Gasteiger partial charge < -0.3 is 9.72 Å². The molecule has 0 saturated carbocycles. The summed E-state index contributed by atoms with van der Waals surface area (Å²) >= 11 is 3.45. The van der Waals surface area contributed by atoms with Crippen LogP contribution in [0.3, 0.4) is 0 Å². The first kappa shape index (κ1) is 9.74. The van der Waals surface area contributed by atoms with Crippen molar-refractivity contribution < 1.29 is 4.74 Å². The number of H-pyrrole nitrogens is 1. The van der Waals surface area contributed by atoms with E-state index in [4.69, 9.17) is 4.74 Å². The normalized spacial score (nSPS) is 11.0. The fourth-order valence-electron chi connectivity index (χ4n) is 1.45. The summed E-state index contributed by atoms with van der Waals surface area (Å²) in [5, 5.41) is 1.22. The van der Waals surface area contributed by atoms with Crippen LogP contribution in [0.4, 0.5) is 0 Å². The summed E-state index contributed by atoms with van der Waals surface area (Å²) in [6.45, 7) is 3.40. The van der Waals surface area contributed by atoms with Gasteiger partial charge in [0.25, 0.3) is 0 Å². The van der Waals surface area contributed by atoms with Gasteiger partial charge in [-0.2, -0.15) is 0 Å². The van der Waals surface area contributed by atoms with Crippen LogP contribution in [0.5, 0.6) is 0 Å². The summed E-state index contributed by atoms with van der Waals surface area (Å²) in [4.78, 5) is 3.31. The molecule has 74 valence electrons. The molecular weight excluding hydrogens is 242 g/mol. The SMILES string of the molecule is CCOCc1cc2cc(Br)ccc2[nH]1. The predicted octanol–water partition coefficient (Wildman–Crippen LogP) is 3.47. The van der Waals surface area contributed by atoms with E-state index in [1.54, 1.807) is 0 Å². The van der Waals surface area contributed by atoms with Crippen molar-refractivity contribution in [2.24, 2.45) is 0 Å². The third-order valence-corrected chi connectivity index (χ3v) is 2.59. The fourth-order valence-corrected chi connectivity index (χ4v) is 1.83. The Kier molecular flexibility index (Phi) is 2.89. The Morgan fingerprint density at radius 2 is 2.21 bits per heavy atom. The van der Waals surface area contributed by atoms with E-state index in [0.29, 0.717) is 6.61 Å². The number of rotatable bonds is 3. The number of aromatic amines is 1. The second-order valence-corrected chi connectivity index (χ2v) is 4.08. The number of aromatic nitrogens is 1. The van der Waals surface area contributed by atoms with E-state index in [-0.39, 0.29) is 0 Å². The van der Waals surface area contributed by atoms with Gasteiger partial charge in [-0.3, -0.25) is 0 Å². The molecule has 0 saturated heterocycles. The first-order valence-electron chi connectivity index (χ1n) is 4.64. The number of halogens is 1. The molecule has 0 atom stereocenters. The van der Waals surface area contributed by atoms with Gasteiger partial charge in [0.15, 0.2) is 0 Å². The standard InChI is InChI=1S/C11H12BrNO/c1-2-14-7-10-6-8-5-9(12)3-4-11(8)13-10/h3-6,13H,2,7H2,1H3. The molecule has 0 bridgehead atoms. The van der Waals surface area contributed by atoms with Gasteiger partial charge >= 0.3 is 0 Å². The maximum Gasteiger partial charge on any atom is 0.0865 e. The van der Waals surface area contributed by atoms with E-state index in [2.05, 4.69) is 39.1 Å². The number of nitrogens with one attached hydrogen (secondary N) is 1. The average Bonchev–Trinajstić information content (AvgIpc) is 2.56. The smallest absolute Gasteiger partial charge is 0.0865 e. The van der Waals surface area contributed by atoms with Crippen LogP contribution in [0.2, 0.25) is 0 Å². The largest absolute Gasteiger partial charge is 0.376 e. The van der Waals surface area contributed by atoms with Crippen molar-refractivity contribution >= 4 is 26.8 Å². The zero-order valence-corrected chi connectivity index (χ0v) is 9.60. The lowest BCUT2D eigenvalue weighted by atomic mass is 10.2. The van der Waals surface area contributed by atoms with Crippen molar-refractivity contribution in [2.45, 2.75) is 13.5 Å². The van der Waals surface area contributed by atoms with E-state index in [9.17, 15) is 0 Å². The highest BCUT2D eigenvalue weighted by Crippen LogP contribution is 2.20. The van der Waals surface area contributed by atoms with E-state index in [1.807, 2.05) is 13.0 Å². The molecule has 0 radical (unpaired) electrons. The Morgan fingerprint density at radius 1 is 1.36 bits per heavy atom. The molecule has 14 heavy (non-hydrogen) atoms. The monoisotopic (exact) mass is 253 g/mol. The summed E-state index contributed by atoms with van der Waals surface area (Å²) in [6, 6.07) is 8.31. The molecule has 1 heterocycles. The Morgan fingerprint density at radius 3 is 3.00 bits per heavy atom. The van der Waals surface area contributed by atoms with Crippen molar-refractivity contribution in [1.29, 1.82) is 0 Å². The minimum atomic E-state index is 0.656. The maximum atomic E-state index is 5.34. The number of ether oxygens (including phenoxy) is 1. The lowest BCUT2D eigenvalue weighted by Crippen LogP contribution is -1.90. The molecule has 2 aromatic rings. The topological polar surface area (TPSA) is 25.0 Å². The molecule has 2 nitrogen and oxygen atoms in total. The van der Waals surface area contributed by atoms with Crippen molar-refractivity contribution in [1.82, 2.24) is 4.98 Å². The van der Waals surface area contributed by atoms with Crippen molar-refractivity contribution in [3.05, 3.63) is 34.4 Å². The third-order valence-electron chi connectivity index (χ3n) is 2.10. The Labute approximate surface area is 91.4 Å². The van der Waals surface area contributed by atoms with Crippen LogP contribution in [0.25, 0.3) is 10.9 Å². The Bertz CT molecular complexity index is 436. The molecule has 1 N–H and O–H groups in total. The first-order chi connectivity index (χ1) is 6.79. The van der Waals surface area contributed by atoms with Crippen LogP contribution in [0.1, 0.15) is 12.6 Å². The van der Waals surface area contributed by atoms with Crippen LogP contribution in [-0.2, 0) is 11.3 Å². The van der Waals surface area contributed by atoms with E-state index >= 15 is 0 Å². The lowest BCUT2D eigenvalue weighted by Gasteiger charge is -1.95. The van der Waals surface area contributed by atoms with Crippen LogP contribution in [0.15, 0.2) is 28.7 Å². The van der Waals surface area contributed by atoms with Crippen LogP contribution >= 0.6 is 15.9 Å². The Hall–Kier alpha value is -0.800. The highest BCUT2D eigenvalue weighted by atomic mass is 79.9. The second-order valence-electron chi connectivity index (χ2n) is 3.16. The van der Waals surface area contributed by atoms with Gasteiger partial charge in [-0.05, 0) is 31.2 Å². The van der Waals surface area contributed by atoms with Gasteiger partial charge in [0.05, 0.1) is 6.61 Å². The highest BCUT2D eigenvalue weighted by molar-refractivity contribution is 9.10. The molecule has 0 aliphatic carbocycles. The molecular formula is C11H12BrNO. The highest BCUT2D eigenvalue weighted by Gasteiger charge is 2.00. The van der Waals surface area contributed by atoms with Gasteiger partial charge in [0.2, 0.25) is 0 Å². The molecule has 0 unspecified atom stereocenters. The first-order valence-corrected chi connectivity index (χ1v) is 5.44. The lowest BCUT2D eigenvalue weighted by molar-refractivity contribution is 0.132. The average molecular weight is 254 g/mol. The molecule has 0 aliphatic heterocycles. The summed E-state index contributed by atoms with van der Waals surface area (Å²) in [5.41, 5.74) is 2.28.